The minimum atomic E-state index is -3.60. The molecule has 0 unspecified atom stereocenters. The van der Waals surface area contributed by atoms with Crippen LogP contribution in [0.2, 0.25) is 0 Å². The molecule has 0 spiro atoms. The van der Waals surface area contributed by atoms with E-state index in [1.807, 2.05) is 13.8 Å². The van der Waals surface area contributed by atoms with Crippen LogP contribution in [0.5, 0.6) is 0 Å². The number of hydrogen-bond donors (Lipinski definition) is 0. The van der Waals surface area contributed by atoms with Crippen LogP contribution in [-0.2, 0) is 20.0 Å². The normalized spacial score (nSPS) is 17.5. The smallest absolute Gasteiger partial charge is 0.207 e. The van der Waals surface area contributed by atoms with E-state index in [0.717, 1.165) is 15.3 Å². The Morgan fingerprint density at radius 2 is 1.31 bits per heavy atom. The molecule has 0 aliphatic carbocycles. The molecule has 6 nitrogen and oxygen atoms in total. The summed E-state index contributed by atoms with van der Waals surface area (Å²) in [4.78, 5) is 2.28. The third-order valence-corrected chi connectivity index (χ3v) is 9.50. The number of benzene rings is 1. The lowest BCUT2D eigenvalue weighted by Crippen LogP contribution is -2.50. The molecule has 2 aromatic rings. The summed E-state index contributed by atoms with van der Waals surface area (Å²) < 4.78 is 53.9. The van der Waals surface area contributed by atoms with Crippen molar-refractivity contribution in [1.29, 1.82) is 0 Å². The van der Waals surface area contributed by atoms with Crippen molar-refractivity contribution < 1.29 is 16.8 Å². The molecular weight excluding hydrogens is 392 g/mol. The van der Waals surface area contributed by atoms with Gasteiger partial charge in [0, 0.05) is 35.9 Å². The third-order valence-electron chi connectivity index (χ3n) is 4.47. The summed E-state index contributed by atoms with van der Waals surface area (Å²) in [7, 11) is -7.19. The van der Waals surface area contributed by atoms with Gasteiger partial charge in [0.15, 0.2) is 0 Å². The fourth-order valence-corrected chi connectivity index (χ4v) is 7.38. The number of rotatable bonds is 4. The van der Waals surface area contributed by atoms with Crippen molar-refractivity contribution in [2.45, 2.75) is 30.6 Å². The van der Waals surface area contributed by atoms with Crippen molar-refractivity contribution in [3.8, 4) is 0 Å². The highest BCUT2D eigenvalue weighted by Gasteiger charge is 2.34. The largest absolute Gasteiger partial charge is 0.244 e. The maximum Gasteiger partial charge on any atom is 0.244 e. The van der Waals surface area contributed by atoms with Crippen LogP contribution in [0.3, 0.4) is 0 Å². The molecule has 2 heterocycles. The van der Waals surface area contributed by atoms with E-state index < -0.39 is 20.0 Å². The van der Waals surface area contributed by atoms with Gasteiger partial charge in [-0.1, -0.05) is 17.7 Å². The average Bonchev–Trinajstić information content (AvgIpc) is 2.94. The van der Waals surface area contributed by atoms with E-state index in [1.165, 1.54) is 19.9 Å². The molecule has 142 valence electrons. The molecule has 0 saturated carbocycles. The Morgan fingerprint density at radius 3 is 1.77 bits per heavy atom. The molecule has 9 heteroatoms. The zero-order chi connectivity index (χ0) is 19.1. The predicted octanol–water partition coefficient (Wildman–Crippen LogP) is 2.37. The van der Waals surface area contributed by atoms with Gasteiger partial charge in [-0.2, -0.15) is 8.61 Å². The van der Waals surface area contributed by atoms with Gasteiger partial charge in [-0.3, -0.25) is 0 Å². The number of nitrogens with zero attached hydrogens (tertiary/aromatic N) is 2. The van der Waals surface area contributed by atoms with E-state index in [0.29, 0.717) is 4.90 Å². The summed E-state index contributed by atoms with van der Waals surface area (Å²) >= 11 is 1.45. The SMILES string of the molecule is Cc1ccc(S(=O)(=O)N2CCN(S(=O)(=O)c3cc(C)sc3C)CC2)cc1. The topological polar surface area (TPSA) is 74.8 Å². The van der Waals surface area contributed by atoms with Gasteiger partial charge in [-0.15, -0.1) is 11.3 Å². The Bertz CT molecular complexity index is 1000. The lowest BCUT2D eigenvalue weighted by Gasteiger charge is -2.33. The van der Waals surface area contributed by atoms with Crippen molar-refractivity contribution in [3.05, 3.63) is 45.6 Å². The summed E-state index contributed by atoms with van der Waals surface area (Å²) in [6, 6.07) is 8.38. The van der Waals surface area contributed by atoms with Crippen LogP contribution in [-0.4, -0.2) is 51.6 Å². The fraction of sp³-hybridized carbons (Fsp3) is 0.412. The molecule has 0 N–H and O–H groups in total. The van der Waals surface area contributed by atoms with E-state index >= 15 is 0 Å². The van der Waals surface area contributed by atoms with Crippen LogP contribution in [0.4, 0.5) is 0 Å². The third kappa shape index (κ3) is 3.59. The van der Waals surface area contributed by atoms with Gasteiger partial charge in [-0.25, -0.2) is 16.8 Å². The second-order valence-corrected chi connectivity index (χ2v) is 11.7. The van der Waals surface area contributed by atoms with Crippen LogP contribution in [0, 0.1) is 20.8 Å². The van der Waals surface area contributed by atoms with Crippen LogP contribution in [0.25, 0.3) is 0 Å². The Kier molecular flexibility index (Phi) is 5.28. The molecule has 0 atom stereocenters. The highest BCUT2D eigenvalue weighted by atomic mass is 32.2. The molecule has 0 bridgehead atoms. The quantitative estimate of drug-likeness (QED) is 0.770. The van der Waals surface area contributed by atoms with Gasteiger partial charge in [0.05, 0.1) is 9.79 Å². The van der Waals surface area contributed by atoms with Crippen molar-refractivity contribution >= 4 is 31.4 Å². The second kappa shape index (κ2) is 7.05. The number of sulfonamides is 2. The van der Waals surface area contributed by atoms with Crippen LogP contribution in [0.1, 0.15) is 15.3 Å². The molecule has 1 saturated heterocycles. The minimum Gasteiger partial charge on any atom is -0.207 e. The standard InChI is InChI=1S/C17H22N2O4S3/c1-13-4-6-16(7-5-13)25(20,21)18-8-10-19(11-9-18)26(22,23)17-12-14(2)24-15(17)3/h4-7,12H,8-11H2,1-3H3. The van der Waals surface area contributed by atoms with E-state index in [-0.39, 0.29) is 31.1 Å². The molecule has 1 aliphatic rings. The van der Waals surface area contributed by atoms with Crippen LogP contribution >= 0.6 is 11.3 Å². The van der Waals surface area contributed by atoms with E-state index in [9.17, 15) is 16.8 Å². The van der Waals surface area contributed by atoms with Crippen molar-refractivity contribution in [2.75, 3.05) is 26.2 Å². The Balaban J connectivity index is 1.77. The zero-order valence-electron chi connectivity index (χ0n) is 15.0. The number of aryl methyl sites for hydroxylation is 3. The van der Waals surface area contributed by atoms with Gasteiger partial charge in [0.25, 0.3) is 0 Å². The molecule has 1 aliphatic heterocycles. The van der Waals surface area contributed by atoms with Crippen molar-refractivity contribution in [2.24, 2.45) is 0 Å². The van der Waals surface area contributed by atoms with Gasteiger partial charge >= 0.3 is 0 Å². The Morgan fingerprint density at radius 1 is 0.808 bits per heavy atom. The number of thiophene rings is 1. The van der Waals surface area contributed by atoms with Gasteiger partial charge in [0.2, 0.25) is 20.0 Å². The van der Waals surface area contributed by atoms with E-state index in [4.69, 9.17) is 0 Å². The first kappa shape index (κ1) is 19.5. The minimum absolute atomic E-state index is 0.150. The molecule has 0 amide bonds. The summed E-state index contributed by atoms with van der Waals surface area (Å²) in [5.41, 5.74) is 0.987. The number of hydrogen-bond acceptors (Lipinski definition) is 5. The molecule has 1 fully saturated rings. The first-order valence-corrected chi connectivity index (χ1v) is 12.0. The van der Waals surface area contributed by atoms with E-state index in [1.54, 1.807) is 37.3 Å². The molecule has 3 rings (SSSR count). The van der Waals surface area contributed by atoms with Crippen LogP contribution in [0.15, 0.2) is 40.1 Å². The number of piperazine rings is 1. The molecule has 1 aromatic carbocycles. The van der Waals surface area contributed by atoms with Crippen LogP contribution < -0.4 is 0 Å². The highest BCUT2D eigenvalue weighted by Crippen LogP contribution is 2.29. The van der Waals surface area contributed by atoms with Crippen molar-refractivity contribution in [1.82, 2.24) is 8.61 Å². The van der Waals surface area contributed by atoms with Crippen molar-refractivity contribution in [3.63, 3.8) is 0 Å². The molecule has 1 aromatic heterocycles. The summed E-state index contributed by atoms with van der Waals surface area (Å²) in [6.45, 7) is 6.18. The molecule has 0 radical (unpaired) electrons. The lowest BCUT2D eigenvalue weighted by atomic mass is 10.2. The Labute approximate surface area is 159 Å². The first-order valence-electron chi connectivity index (χ1n) is 8.26. The fourth-order valence-electron chi connectivity index (χ4n) is 3.01. The average molecular weight is 415 g/mol. The van der Waals surface area contributed by atoms with Gasteiger partial charge in [0.1, 0.15) is 0 Å². The maximum atomic E-state index is 12.8. The lowest BCUT2D eigenvalue weighted by molar-refractivity contribution is 0.273. The molecule has 26 heavy (non-hydrogen) atoms. The predicted molar refractivity (Wildman–Crippen MR) is 102 cm³/mol. The van der Waals surface area contributed by atoms with Gasteiger partial charge < -0.3 is 0 Å². The van der Waals surface area contributed by atoms with E-state index in [2.05, 4.69) is 0 Å². The summed E-state index contributed by atoms with van der Waals surface area (Å²) in [6.07, 6.45) is 0. The summed E-state index contributed by atoms with van der Waals surface area (Å²) in [5, 5.41) is 0. The highest BCUT2D eigenvalue weighted by molar-refractivity contribution is 7.89. The maximum absolute atomic E-state index is 12.8. The van der Waals surface area contributed by atoms with Gasteiger partial charge in [-0.05, 0) is 39.0 Å². The first-order chi connectivity index (χ1) is 12.1. The zero-order valence-corrected chi connectivity index (χ0v) is 17.4. The second-order valence-electron chi connectivity index (χ2n) is 6.40. The molecular formula is C17H22N2O4S3. The monoisotopic (exact) mass is 414 g/mol. The summed E-state index contributed by atoms with van der Waals surface area (Å²) in [5.74, 6) is 0. The Hall–Kier alpha value is -1.26.